The zero-order valence-electron chi connectivity index (χ0n) is 11.6. The van der Waals surface area contributed by atoms with Crippen LogP contribution in [0.4, 0.5) is 0 Å². The number of nitrogens with one attached hydrogen (secondary N) is 1. The number of carbonyl (C=O) groups is 1. The Hall–Kier alpha value is -1.42. The van der Waals surface area contributed by atoms with Gasteiger partial charge in [-0.3, -0.25) is 9.78 Å². The van der Waals surface area contributed by atoms with Gasteiger partial charge in [0.15, 0.2) is 0 Å². The van der Waals surface area contributed by atoms with E-state index in [1.165, 1.54) is 19.3 Å². The molecule has 0 unspecified atom stereocenters. The smallest absolute Gasteiger partial charge is 0.252 e. The maximum Gasteiger partial charge on any atom is 0.252 e. The quantitative estimate of drug-likeness (QED) is 0.871. The standard InChI is InChI=1S/C15H23N3O/c1-12-5-6-13(9-17-12)14(19)18-11-15(10-16)7-3-2-4-8-15/h5-6,9H,2-4,7-8,10-11,16H2,1H3,(H,18,19). The van der Waals surface area contributed by atoms with E-state index in [0.29, 0.717) is 18.7 Å². The van der Waals surface area contributed by atoms with E-state index in [9.17, 15) is 4.79 Å². The molecule has 19 heavy (non-hydrogen) atoms. The molecule has 0 radical (unpaired) electrons. The van der Waals surface area contributed by atoms with Crippen LogP contribution >= 0.6 is 0 Å². The van der Waals surface area contributed by atoms with Gasteiger partial charge in [-0.25, -0.2) is 0 Å². The first-order valence-electron chi connectivity index (χ1n) is 7.06. The van der Waals surface area contributed by atoms with Crippen LogP contribution in [0.2, 0.25) is 0 Å². The molecule has 0 bridgehead atoms. The average molecular weight is 261 g/mol. The summed E-state index contributed by atoms with van der Waals surface area (Å²) in [6.07, 6.45) is 7.60. The molecular weight excluding hydrogens is 238 g/mol. The summed E-state index contributed by atoms with van der Waals surface area (Å²) >= 11 is 0. The fourth-order valence-electron chi connectivity index (χ4n) is 2.73. The molecule has 4 heteroatoms. The Morgan fingerprint density at radius 3 is 2.68 bits per heavy atom. The molecule has 4 nitrogen and oxygen atoms in total. The predicted molar refractivity (Wildman–Crippen MR) is 75.9 cm³/mol. The van der Waals surface area contributed by atoms with Crippen LogP contribution in [0.3, 0.4) is 0 Å². The number of nitrogens with zero attached hydrogens (tertiary/aromatic N) is 1. The summed E-state index contributed by atoms with van der Waals surface area (Å²) in [5, 5.41) is 3.02. The minimum atomic E-state index is -0.0501. The number of carbonyl (C=O) groups excluding carboxylic acids is 1. The third kappa shape index (κ3) is 3.53. The van der Waals surface area contributed by atoms with Crippen molar-refractivity contribution in [3.63, 3.8) is 0 Å². The summed E-state index contributed by atoms with van der Waals surface area (Å²) in [5.41, 5.74) is 7.56. The van der Waals surface area contributed by atoms with E-state index in [1.807, 2.05) is 19.1 Å². The molecule has 1 aliphatic rings. The molecular formula is C15H23N3O. The molecule has 1 aliphatic carbocycles. The van der Waals surface area contributed by atoms with Gasteiger partial charge in [0.2, 0.25) is 0 Å². The van der Waals surface area contributed by atoms with Crippen molar-refractivity contribution in [3.05, 3.63) is 29.6 Å². The number of hydrogen-bond acceptors (Lipinski definition) is 3. The average Bonchev–Trinajstić information content (AvgIpc) is 2.46. The van der Waals surface area contributed by atoms with E-state index in [4.69, 9.17) is 5.73 Å². The fraction of sp³-hybridized carbons (Fsp3) is 0.600. The van der Waals surface area contributed by atoms with E-state index >= 15 is 0 Å². The summed E-state index contributed by atoms with van der Waals surface area (Å²) < 4.78 is 0. The molecule has 1 amide bonds. The maximum atomic E-state index is 12.1. The predicted octanol–water partition coefficient (Wildman–Crippen LogP) is 2.03. The molecule has 0 saturated heterocycles. The normalized spacial score (nSPS) is 18.0. The van der Waals surface area contributed by atoms with Crippen molar-refractivity contribution in [2.45, 2.75) is 39.0 Å². The maximum absolute atomic E-state index is 12.1. The van der Waals surface area contributed by atoms with Crippen molar-refractivity contribution in [3.8, 4) is 0 Å². The summed E-state index contributed by atoms with van der Waals surface area (Å²) in [7, 11) is 0. The zero-order valence-corrected chi connectivity index (χ0v) is 11.6. The third-order valence-electron chi connectivity index (χ3n) is 4.14. The third-order valence-corrected chi connectivity index (χ3v) is 4.14. The van der Waals surface area contributed by atoms with Crippen molar-refractivity contribution >= 4 is 5.91 Å². The van der Waals surface area contributed by atoms with Crippen molar-refractivity contribution in [1.82, 2.24) is 10.3 Å². The van der Waals surface area contributed by atoms with Crippen LogP contribution in [0.15, 0.2) is 18.3 Å². The van der Waals surface area contributed by atoms with E-state index in [2.05, 4.69) is 10.3 Å². The van der Waals surface area contributed by atoms with Gasteiger partial charge in [0, 0.05) is 18.4 Å². The second-order valence-electron chi connectivity index (χ2n) is 5.64. The lowest BCUT2D eigenvalue weighted by molar-refractivity contribution is 0.0913. The van der Waals surface area contributed by atoms with Crippen LogP contribution in [0.25, 0.3) is 0 Å². The molecule has 0 aromatic carbocycles. The van der Waals surface area contributed by atoms with Crippen molar-refractivity contribution in [1.29, 1.82) is 0 Å². The summed E-state index contributed by atoms with van der Waals surface area (Å²) in [5.74, 6) is -0.0501. The van der Waals surface area contributed by atoms with E-state index < -0.39 is 0 Å². The van der Waals surface area contributed by atoms with Crippen LogP contribution in [0, 0.1) is 12.3 Å². The van der Waals surface area contributed by atoms with E-state index in [0.717, 1.165) is 18.5 Å². The first kappa shape index (κ1) is 14.0. The number of amides is 1. The van der Waals surface area contributed by atoms with Gasteiger partial charge in [0.25, 0.3) is 5.91 Å². The molecule has 104 valence electrons. The fourth-order valence-corrected chi connectivity index (χ4v) is 2.73. The number of rotatable bonds is 4. The molecule has 1 fully saturated rings. The Bertz CT molecular complexity index is 422. The Morgan fingerprint density at radius 1 is 1.37 bits per heavy atom. The van der Waals surface area contributed by atoms with Gasteiger partial charge in [-0.05, 0) is 43.9 Å². The zero-order chi connectivity index (χ0) is 13.7. The van der Waals surface area contributed by atoms with E-state index in [-0.39, 0.29) is 11.3 Å². The SMILES string of the molecule is Cc1ccc(C(=O)NCC2(CN)CCCCC2)cn1. The van der Waals surface area contributed by atoms with Gasteiger partial charge in [-0.2, -0.15) is 0 Å². The monoisotopic (exact) mass is 261 g/mol. The Labute approximate surface area is 114 Å². The molecule has 0 atom stereocenters. The van der Waals surface area contributed by atoms with Crippen LogP contribution in [0.5, 0.6) is 0 Å². The highest BCUT2D eigenvalue weighted by Crippen LogP contribution is 2.34. The highest BCUT2D eigenvalue weighted by Gasteiger charge is 2.30. The first-order chi connectivity index (χ1) is 9.15. The summed E-state index contributed by atoms with van der Waals surface area (Å²) in [6.45, 7) is 3.24. The Balaban J connectivity index is 1.93. The lowest BCUT2D eigenvalue weighted by Gasteiger charge is -2.36. The number of aromatic nitrogens is 1. The van der Waals surface area contributed by atoms with Crippen LogP contribution < -0.4 is 11.1 Å². The van der Waals surface area contributed by atoms with Gasteiger partial charge in [0.1, 0.15) is 0 Å². The number of hydrogen-bond donors (Lipinski definition) is 2. The van der Waals surface area contributed by atoms with E-state index in [1.54, 1.807) is 6.20 Å². The molecule has 1 aromatic rings. The highest BCUT2D eigenvalue weighted by atomic mass is 16.1. The van der Waals surface area contributed by atoms with Crippen molar-refractivity contribution in [2.75, 3.05) is 13.1 Å². The second-order valence-corrected chi connectivity index (χ2v) is 5.64. The first-order valence-corrected chi connectivity index (χ1v) is 7.06. The topological polar surface area (TPSA) is 68.0 Å². The Kier molecular flexibility index (Phi) is 4.53. The molecule has 0 spiro atoms. The van der Waals surface area contributed by atoms with Crippen LogP contribution in [-0.2, 0) is 0 Å². The minimum absolute atomic E-state index is 0.0501. The van der Waals surface area contributed by atoms with Crippen LogP contribution in [0.1, 0.15) is 48.2 Å². The Morgan fingerprint density at radius 2 is 2.11 bits per heavy atom. The number of pyridine rings is 1. The van der Waals surface area contributed by atoms with Crippen molar-refractivity contribution in [2.24, 2.45) is 11.1 Å². The van der Waals surface area contributed by atoms with Gasteiger partial charge >= 0.3 is 0 Å². The highest BCUT2D eigenvalue weighted by molar-refractivity contribution is 5.93. The van der Waals surface area contributed by atoms with Gasteiger partial charge in [-0.15, -0.1) is 0 Å². The number of aryl methyl sites for hydroxylation is 1. The molecule has 0 aliphatic heterocycles. The molecule has 1 saturated carbocycles. The summed E-state index contributed by atoms with van der Waals surface area (Å²) in [4.78, 5) is 16.2. The lowest BCUT2D eigenvalue weighted by atomic mass is 9.74. The van der Waals surface area contributed by atoms with Gasteiger partial charge in [0.05, 0.1) is 5.56 Å². The van der Waals surface area contributed by atoms with Gasteiger partial charge in [-0.1, -0.05) is 19.3 Å². The largest absolute Gasteiger partial charge is 0.351 e. The molecule has 1 heterocycles. The minimum Gasteiger partial charge on any atom is -0.351 e. The molecule has 3 N–H and O–H groups in total. The van der Waals surface area contributed by atoms with Crippen molar-refractivity contribution < 1.29 is 4.79 Å². The number of nitrogens with two attached hydrogens (primary N) is 1. The molecule has 2 rings (SSSR count). The van der Waals surface area contributed by atoms with Gasteiger partial charge < -0.3 is 11.1 Å². The second kappa shape index (κ2) is 6.15. The van der Waals surface area contributed by atoms with Crippen LogP contribution in [-0.4, -0.2) is 24.0 Å². The lowest BCUT2D eigenvalue weighted by Crippen LogP contribution is -2.43. The summed E-state index contributed by atoms with van der Waals surface area (Å²) in [6, 6.07) is 3.67. The molecule has 1 aromatic heterocycles.